The SMILES string of the molecule is Cc1cc(C)n(CC(=O)N(C)[C@@H]2CCCc3ccccc32)c(=O)n1. The molecule has 0 saturated heterocycles. The van der Waals surface area contributed by atoms with Crippen molar-refractivity contribution >= 4 is 5.91 Å². The van der Waals surface area contributed by atoms with Crippen LogP contribution in [0.2, 0.25) is 0 Å². The molecular weight excluding hydrogens is 302 g/mol. The Morgan fingerprint density at radius 1 is 1.33 bits per heavy atom. The van der Waals surface area contributed by atoms with Crippen molar-refractivity contribution in [2.75, 3.05) is 7.05 Å². The fraction of sp³-hybridized carbons (Fsp3) is 0.421. The molecule has 1 heterocycles. The largest absolute Gasteiger partial charge is 0.348 e. The van der Waals surface area contributed by atoms with E-state index in [-0.39, 0.29) is 24.2 Å². The van der Waals surface area contributed by atoms with Crippen LogP contribution in [0.3, 0.4) is 0 Å². The third-order valence-corrected chi connectivity index (χ3v) is 4.84. The van der Waals surface area contributed by atoms with Crippen molar-refractivity contribution in [3.8, 4) is 0 Å². The summed E-state index contributed by atoms with van der Waals surface area (Å²) in [7, 11) is 1.83. The zero-order chi connectivity index (χ0) is 17.3. The van der Waals surface area contributed by atoms with Crippen LogP contribution in [0.5, 0.6) is 0 Å². The number of aromatic nitrogens is 2. The second kappa shape index (κ2) is 6.59. The molecular formula is C19H23N3O2. The quantitative estimate of drug-likeness (QED) is 0.871. The molecule has 1 aliphatic carbocycles. The summed E-state index contributed by atoms with van der Waals surface area (Å²) in [5.74, 6) is -0.0624. The molecule has 0 fully saturated rings. The Bertz CT molecular complexity index is 826. The van der Waals surface area contributed by atoms with Crippen LogP contribution in [0.1, 0.15) is 41.4 Å². The van der Waals surface area contributed by atoms with E-state index in [0.29, 0.717) is 5.69 Å². The molecule has 0 bridgehead atoms. The van der Waals surface area contributed by atoms with Crippen LogP contribution in [0.25, 0.3) is 0 Å². The Hall–Kier alpha value is -2.43. The van der Waals surface area contributed by atoms with Gasteiger partial charge in [0, 0.05) is 18.4 Å². The average Bonchev–Trinajstić information content (AvgIpc) is 2.56. The number of amides is 1. The molecule has 0 unspecified atom stereocenters. The predicted octanol–water partition coefficient (Wildman–Crippen LogP) is 2.40. The van der Waals surface area contributed by atoms with Crippen molar-refractivity contribution in [1.29, 1.82) is 0 Å². The number of nitrogens with zero attached hydrogens (tertiary/aromatic N) is 3. The van der Waals surface area contributed by atoms with Gasteiger partial charge in [-0.2, -0.15) is 4.98 Å². The molecule has 2 aromatic rings. The van der Waals surface area contributed by atoms with Crippen LogP contribution in [0.4, 0.5) is 0 Å². The molecule has 1 aromatic heterocycles. The summed E-state index contributed by atoms with van der Waals surface area (Å²) in [6, 6.07) is 10.2. The van der Waals surface area contributed by atoms with Crippen molar-refractivity contribution in [1.82, 2.24) is 14.5 Å². The van der Waals surface area contributed by atoms with E-state index in [0.717, 1.165) is 25.0 Å². The first-order valence-corrected chi connectivity index (χ1v) is 8.36. The van der Waals surface area contributed by atoms with E-state index in [1.165, 1.54) is 15.7 Å². The van der Waals surface area contributed by atoms with E-state index in [4.69, 9.17) is 0 Å². The maximum Gasteiger partial charge on any atom is 0.348 e. The summed E-state index contributed by atoms with van der Waals surface area (Å²) < 4.78 is 1.45. The highest BCUT2D eigenvalue weighted by atomic mass is 16.2. The molecule has 0 radical (unpaired) electrons. The third kappa shape index (κ3) is 3.11. The van der Waals surface area contributed by atoms with Crippen LogP contribution in [0.15, 0.2) is 35.1 Å². The molecule has 1 aliphatic rings. The molecule has 5 heteroatoms. The predicted molar refractivity (Wildman–Crippen MR) is 92.9 cm³/mol. The van der Waals surface area contributed by atoms with Gasteiger partial charge in [-0.1, -0.05) is 24.3 Å². The lowest BCUT2D eigenvalue weighted by atomic mass is 9.87. The first-order chi connectivity index (χ1) is 11.5. The zero-order valence-electron chi connectivity index (χ0n) is 14.5. The van der Waals surface area contributed by atoms with E-state index in [2.05, 4.69) is 17.1 Å². The third-order valence-electron chi connectivity index (χ3n) is 4.84. The molecule has 1 amide bonds. The second-order valence-corrected chi connectivity index (χ2v) is 6.52. The van der Waals surface area contributed by atoms with Crippen LogP contribution in [-0.4, -0.2) is 27.4 Å². The Morgan fingerprint density at radius 2 is 2.08 bits per heavy atom. The lowest BCUT2D eigenvalue weighted by Crippen LogP contribution is -2.38. The van der Waals surface area contributed by atoms with Gasteiger partial charge in [-0.3, -0.25) is 9.36 Å². The lowest BCUT2D eigenvalue weighted by Gasteiger charge is -2.33. The lowest BCUT2D eigenvalue weighted by molar-refractivity contribution is -0.133. The van der Waals surface area contributed by atoms with E-state index >= 15 is 0 Å². The molecule has 0 spiro atoms. The summed E-state index contributed by atoms with van der Waals surface area (Å²) in [5.41, 5.74) is 3.62. The number of carbonyl (C=O) groups is 1. The molecule has 1 aromatic carbocycles. The van der Waals surface area contributed by atoms with Gasteiger partial charge >= 0.3 is 5.69 Å². The fourth-order valence-corrected chi connectivity index (χ4v) is 3.52. The number of hydrogen-bond acceptors (Lipinski definition) is 3. The van der Waals surface area contributed by atoms with Crippen LogP contribution in [-0.2, 0) is 17.8 Å². The van der Waals surface area contributed by atoms with Gasteiger partial charge in [0.2, 0.25) is 5.91 Å². The number of likely N-dealkylation sites (N-methyl/N-ethyl adjacent to an activating group) is 1. The number of aryl methyl sites for hydroxylation is 3. The Kier molecular flexibility index (Phi) is 4.51. The van der Waals surface area contributed by atoms with Crippen LogP contribution < -0.4 is 5.69 Å². The van der Waals surface area contributed by atoms with Gasteiger partial charge in [0.25, 0.3) is 0 Å². The van der Waals surface area contributed by atoms with Gasteiger partial charge in [0.15, 0.2) is 0 Å². The Balaban J connectivity index is 1.83. The molecule has 3 rings (SSSR count). The minimum Gasteiger partial charge on any atom is -0.337 e. The number of fused-ring (bicyclic) bond motifs is 1. The van der Waals surface area contributed by atoms with Gasteiger partial charge < -0.3 is 4.90 Å². The van der Waals surface area contributed by atoms with Gasteiger partial charge in [-0.25, -0.2) is 4.79 Å². The zero-order valence-corrected chi connectivity index (χ0v) is 14.5. The van der Waals surface area contributed by atoms with Crippen LogP contribution in [0, 0.1) is 13.8 Å². The first kappa shape index (κ1) is 16.4. The van der Waals surface area contributed by atoms with E-state index in [1.807, 2.05) is 32.2 Å². The van der Waals surface area contributed by atoms with Gasteiger partial charge in [0.1, 0.15) is 6.54 Å². The van der Waals surface area contributed by atoms with E-state index in [1.54, 1.807) is 11.8 Å². The normalized spacial score (nSPS) is 16.5. The highest BCUT2D eigenvalue weighted by Gasteiger charge is 2.26. The van der Waals surface area contributed by atoms with Crippen molar-refractivity contribution in [3.05, 3.63) is 63.3 Å². The number of carbonyl (C=O) groups excluding carboxylic acids is 1. The highest BCUT2D eigenvalue weighted by Crippen LogP contribution is 2.33. The van der Waals surface area contributed by atoms with E-state index in [9.17, 15) is 9.59 Å². The second-order valence-electron chi connectivity index (χ2n) is 6.52. The molecule has 1 atom stereocenters. The number of rotatable bonds is 3. The molecule has 5 nitrogen and oxygen atoms in total. The van der Waals surface area contributed by atoms with Gasteiger partial charge in [0.05, 0.1) is 6.04 Å². The maximum absolute atomic E-state index is 12.7. The van der Waals surface area contributed by atoms with Gasteiger partial charge in [-0.05, 0) is 50.3 Å². The molecule has 0 saturated carbocycles. The highest BCUT2D eigenvalue weighted by molar-refractivity contribution is 5.76. The molecule has 0 aliphatic heterocycles. The number of hydrogen-bond donors (Lipinski definition) is 0. The number of benzene rings is 1. The fourth-order valence-electron chi connectivity index (χ4n) is 3.52. The smallest absolute Gasteiger partial charge is 0.337 e. The van der Waals surface area contributed by atoms with Crippen molar-refractivity contribution in [3.63, 3.8) is 0 Å². The first-order valence-electron chi connectivity index (χ1n) is 8.36. The summed E-state index contributed by atoms with van der Waals surface area (Å²) in [5, 5.41) is 0. The van der Waals surface area contributed by atoms with Crippen LogP contribution >= 0.6 is 0 Å². The standard InChI is InChI=1S/C19H23N3O2/c1-13-11-14(2)22(19(24)20-13)12-18(23)21(3)17-10-6-8-15-7-4-5-9-16(15)17/h4-5,7,9,11,17H,6,8,10,12H2,1-3H3/t17-/m1/s1. The van der Waals surface area contributed by atoms with Crippen molar-refractivity contribution < 1.29 is 4.79 Å². The maximum atomic E-state index is 12.7. The minimum atomic E-state index is -0.363. The summed E-state index contributed by atoms with van der Waals surface area (Å²) >= 11 is 0. The Labute approximate surface area is 141 Å². The topological polar surface area (TPSA) is 55.2 Å². The van der Waals surface area contributed by atoms with E-state index < -0.39 is 0 Å². The minimum absolute atomic E-state index is 0.0348. The van der Waals surface area contributed by atoms with Crippen molar-refractivity contribution in [2.24, 2.45) is 0 Å². The summed E-state index contributed by atoms with van der Waals surface area (Å²) in [6.45, 7) is 3.65. The van der Waals surface area contributed by atoms with Gasteiger partial charge in [-0.15, -0.1) is 0 Å². The summed E-state index contributed by atoms with van der Waals surface area (Å²) in [4.78, 5) is 30.5. The molecule has 24 heavy (non-hydrogen) atoms. The van der Waals surface area contributed by atoms with Crippen molar-refractivity contribution in [2.45, 2.75) is 45.7 Å². The average molecular weight is 325 g/mol. The monoisotopic (exact) mass is 325 g/mol. The molecule has 126 valence electrons. The summed E-state index contributed by atoms with van der Waals surface area (Å²) in [6.07, 6.45) is 3.10. The Morgan fingerprint density at radius 3 is 2.83 bits per heavy atom. The molecule has 0 N–H and O–H groups in total.